The predicted molar refractivity (Wildman–Crippen MR) is 53.4 cm³/mol. The van der Waals surface area contributed by atoms with Gasteiger partial charge in [0, 0.05) is 0 Å². The molecule has 76 valence electrons. The maximum absolute atomic E-state index is 11.9. The van der Waals surface area contributed by atoms with Gasteiger partial charge < -0.3 is 0 Å². The van der Waals surface area contributed by atoms with Gasteiger partial charge in [0.2, 0.25) is 0 Å². The molecule has 2 fully saturated rings. The minimum absolute atomic E-state index is 0.0162. The third-order valence-electron chi connectivity index (χ3n) is 3.26. The second-order valence-electron chi connectivity index (χ2n) is 4.40. The number of hydrogen-bond donors (Lipinski definition) is 0. The summed E-state index contributed by atoms with van der Waals surface area (Å²) in [4.78, 5) is 0. The molecule has 2 nitrogen and oxygen atoms in total. The zero-order chi connectivity index (χ0) is 9.31. The van der Waals surface area contributed by atoms with Crippen molar-refractivity contribution in [2.75, 3.05) is 0 Å². The fourth-order valence-electron chi connectivity index (χ4n) is 2.24. The summed E-state index contributed by atoms with van der Waals surface area (Å²) in [6.07, 6.45) is 8.43. The van der Waals surface area contributed by atoms with Crippen LogP contribution >= 0.6 is 0 Å². The van der Waals surface area contributed by atoms with Crippen molar-refractivity contribution in [2.45, 2.75) is 61.9 Å². The van der Waals surface area contributed by atoms with E-state index in [0.717, 1.165) is 38.5 Å². The molecule has 0 amide bonds. The Hall–Kier alpha value is -0.0500. The van der Waals surface area contributed by atoms with Gasteiger partial charge in [-0.3, -0.25) is 0 Å². The van der Waals surface area contributed by atoms with Crippen molar-refractivity contribution >= 4 is 9.84 Å². The highest BCUT2D eigenvalue weighted by atomic mass is 32.2. The lowest BCUT2D eigenvalue weighted by atomic mass is 10.2. The quantitative estimate of drug-likeness (QED) is 0.644. The SMILES string of the molecule is O=S(=O)(C1CCCCCC1)C1CC1. The molecule has 0 radical (unpaired) electrons. The van der Waals surface area contributed by atoms with Gasteiger partial charge in [-0.05, 0) is 25.7 Å². The molecule has 0 spiro atoms. The van der Waals surface area contributed by atoms with Gasteiger partial charge in [-0.1, -0.05) is 25.7 Å². The first-order valence-corrected chi connectivity index (χ1v) is 7.05. The van der Waals surface area contributed by atoms with Gasteiger partial charge in [-0.15, -0.1) is 0 Å². The Morgan fingerprint density at radius 1 is 0.692 bits per heavy atom. The topological polar surface area (TPSA) is 34.1 Å². The summed E-state index contributed by atoms with van der Waals surface area (Å²) in [5, 5.41) is 0.0677. The maximum atomic E-state index is 11.9. The van der Waals surface area contributed by atoms with Crippen molar-refractivity contribution in [3.8, 4) is 0 Å². The van der Waals surface area contributed by atoms with E-state index in [1.807, 2.05) is 0 Å². The van der Waals surface area contributed by atoms with E-state index in [4.69, 9.17) is 0 Å². The normalized spacial score (nSPS) is 27.1. The molecule has 2 rings (SSSR count). The average molecular weight is 202 g/mol. The van der Waals surface area contributed by atoms with E-state index in [1.54, 1.807) is 0 Å². The van der Waals surface area contributed by atoms with Crippen LogP contribution in [-0.2, 0) is 9.84 Å². The molecule has 3 heteroatoms. The molecule has 2 aliphatic rings. The highest BCUT2D eigenvalue weighted by molar-refractivity contribution is 7.92. The van der Waals surface area contributed by atoms with Gasteiger partial charge in [-0.2, -0.15) is 0 Å². The zero-order valence-corrected chi connectivity index (χ0v) is 8.85. The van der Waals surface area contributed by atoms with Crippen molar-refractivity contribution in [3.63, 3.8) is 0 Å². The van der Waals surface area contributed by atoms with Crippen LogP contribution < -0.4 is 0 Å². The van der Waals surface area contributed by atoms with Crippen LogP contribution in [0.1, 0.15) is 51.4 Å². The predicted octanol–water partition coefficient (Wildman–Crippen LogP) is 2.29. The van der Waals surface area contributed by atoms with Crippen LogP contribution in [0.5, 0.6) is 0 Å². The maximum Gasteiger partial charge on any atom is 0.156 e. The van der Waals surface area contributed by atoms with E-state index >= 15 is 0 Å². The lowest BCUT2D eigenvalue weighted by molar-refractivity contribution is 0.561. The Bertz CT molecular complexity index is 257. The smallest absolute Gasteiger partial charge is 0.156 e. The van der Waals surface area contributed by atoms with E-state index in [-0.39, 0.29) is 10.5 Å². The molecule has 0 bridgehead atoms. The van der Waals surface area contributed by atoms with Crippen molar-refractivity contribution in [1.82, 2.24) is 0 Å². The Balaban J connectivity index is 2.04. The second-order valence-corrected chi connectivity index (χ2v) is 6.91. The third kappa shape index (κ3) is 2.06. The first-order valence-electron chi connectivity index (χ1n) is 5.44. The van der Waals surface area contributed by atoms with Crippen molar-refractivity contribution in [1.29, 1.82) is 0 Å². The molecule has 0 aliphatic heterocycles. The highest BCUT2D eigenvalue weighted by Gasteiger charge is 2.40. The highest BCUT2D eigenvalue weighted by Crippen LogP contribution is 2.35. The summed E-state index contributed by atoms with van der Waals surface area (Å²) in [6.45, 7) is 0. The Morgan fingerprint density at radius 3 is 1.62 bits per heavy atom. The summed E-state index contributed by atoms with van der Waals surface area (Å²) in [5.74, 6) is 0. The van der Waals surface area contributed by atoms with Crippen LogP contribution in [0.2, 0.25) is 0 Å². The van der Waals surface area contributed by atoms with Gasteiger partial charge in [-0.25, -0.2) is 8.42 Å². The van der Waals surface area contributed by atoms with E-state index < -0.39 is 9.84 Å². The average Bonchev–Trinajstić information content (AvgIpc) is 2.93. The van der Waals surface area contributed by atoms with Crippen molar-refractivity contribution < 1.29 is 8.42 Å². The summed E-state index contributed by atoms with van der Waals surface area (Å²) in [7, 11) is -2.71. The van der Waals surface area contributed by atoms with E-state index in [0.29, 0.717) is 0 Å². The van der Waals surface area contributed by atoms with Crippen molar-refractivity contribution in [3.05, 3.63) is 0 Å². The van der Waals surface area contributed by atoms with E-state index in [9.17, 15) is 8.42 Å². The largest absolute Gasteiger partial charge is 0.228 e. The Kier molecular flexibility index (Phi) is 2.63. The molecule has 0 heterocycles. The van der Waals surface area contributed by atoms with Crippen LogP contribution in [0.3, 0.4) is 0 Å². The van der Waals surface area contributed by atoms with Crippen LogP contribution in [0.15, 0.2) is 0 Å². The third-order valence-corrected chi connectivity index (χ3v) is 6.06. The minimum Gasteiger partial charge on any atom is -0.228 e. The molecule has 0 saturated heterocycles. The summed E-state index contributed by atoms with van der Waals surface area (Å²) in [5.41, 5.74) is 0. The van der Waals surface area contributed by atoms with Crippen LogP contribution in [-0.4, -0.2) is 18.9 Å². The molecule has 0 unspecified atom stereocenters. The van der Waals surface area contributed by atoms with E-state index in [2.05, 4.69) is 0 Å². The molecule has 0 aromatic rings. The first kappa shape index (κ1) is 9.50. The Morgan fingerprint density at radius 2 is 1.15 bits per heavy atom. The molecule has 0 atom stereocenters. The molecule has 0 aromatic heterocycles. The van der Waals surface area contributed by atoms with Gasteiger partial charge in [0.05, 0.1) is 10.5 Å². The first-order chi connectivity index (χ1) is 6.21. The molecule has 0 aromatic carbocycles. The molecule has 0 N–H and O–H groups in total. The number of rotatable bonds is 2. The van der Waals surface area contributed by atoms with Gasteiger partial charge in [0.1, 0.15) is 0 Å². The summed E-state index contributed by atoms with van der Waals surface area (Å²) in [6, 6.07) is 0. The van der Waals surface area contributed by atoms with Crippen LogP contribution in [0.25, 0.3) is 0 Å². The molecular formula is C10H18O2S. The van der Waals surface area contributed by atoms with Gasteiger partial charge >= 0.3 is 0 Å². The number of hydrogen-bond acceptors (Lipinski definition) is 2. The summed E-state index contributed by atoms with van der Waals surface area (Å²) < 4.78 is 23.8. The fourth-order valence-corrected chi connectivity index (χ4v) is 4.57. The van der Waals surface area contributed by atoms with Crippen LogP contribution in [0, 0.1) is 0 Å². The van der Waals surface area contributed by atoms with Gasteiger partial charge in [0.25, 0.3) is 0 Å². The van der Waals surface area contributed by atoms with Gasteiger partial charge in [0.15, 0.2) is 9.84 Å². The second kappa shape index (κ2) is 3.60. The molecular weight excluding hydrogens is 184 g/mol. The number of sulfone groups is 1. The lowest BCUT2D eigenvalue weighted by Crippen LogP contribution is -2.24. The minimum atomic E-state index is -2.71. The molecule has 2 aliphatic carbocycles. The van der Waals surface area contributed by atoms with Crippen LogP contribution in [0.4, 0.5) is 0 Å². The molecule has 13 heavy (non-hydrogen) atoms. The van der Waals surface area contributed by atoms with Crippen molar-refractivity contribution in [2.24, 2.45) is 0 Å². The summed E-state index contributed by atoms with van der Waals surface area (Å²) >= 11 is 0. The Labute approximate surface area is 80.6 Å². The monoisotopic (exact) mass is 202 g/mol. The fraction of sp³-hybridized carbons (Fsp3) is 1.00. The lowest BCUT2D eigenvalue weighted by Gasteiger charge is -2.13. The standard InChI is InChI=1S/C10H18O2S/c11-13(12,10-7-8-10)9-5-3-1-2-4-6-9/h9-10H,1-8H2. The van der Waals surface area contributed by atoms with E-state index in [1.165, 1.54) is 12.8 Å². The molecule has 2 saturated carbocycles. The zero-order valence-electron chi connectivity index (χ0n) is 8.04.